The number of pyridine rings is 1. The van der Waals surface area contributed by atoms with Gasteiger partial charge in [0.15, 0.2) is 0 Å². The van der Waals surface area contributed by atoms with Gasteiger partial charge in [-0.2, -0.15) is 0 Å². The Bertz CT molecular complexity index is 577. The van der Waals surface area contributed by atoms with Crippen molar-refractivity contribution in [1.82, 2.24) is 4.98 Å². The van der Waals surface area contributed by atoms with Crippen LogP contribution in [0.5, 0.6) is 0 Å². The number of benzene rings is 1. The quantitative estimate of drug-likeness (QED) is 0.904. The third kappa shape index (κ3) is 2.93. The number of nitrogens with zero attached hydrogens (tertiary/aromatic N) is 2. The van der Waals surface area contributed by atoms with Crippen molar-refractivity contribution >= 4 is 16.6 Å². The summed E-state index contributed by atoms with van der Waals surface area (Å²) in [5, 5.41) is 1.19. The van der Waals surface area contributed by atoms with Crippen molar-refractivity contribution in [1.29, 1.82) is 0 Å². The van der Waals surface area contributed by atoms with E-state index in [0.29, 0.717) is 18.5 Å². The Hall–Kier alpha value is -1.61. The lowest BCUT2D eigenvalue weighted by atomic mass is 10.0. The second-order valence-electron chi connectivity index (χ2n) is 5.94. The minimum absolute atomic E-state index is 0.478. The molecule has 0 saturated heterocycles. The molecule has 1 atom stereocenters. The zero-order chi connectivity index (χ0) is 14.7. The van der Waals surface area contributed by atoms with Crippen molar-refractivity contribution in [2.24, 2.45) is 11.7 Å². The van der Waals surface area contributed by atoms with Gasteiger partial charge >= 0.3 is 0 Å². The van der Waals surface area contributed by atoms with Gasteiger partial charge in [0, 0.05) is 36.8 Å². The van der Waals surface area contributed by atoms with E-state index in [-0.39, 0.29) is 0 Å². The minimum atomic E-state index is 0.478. The molecule has 2 rings (SSSR count). The molecule has 1 heterocycles. The Labute approximate surface area is 121 Å². The highest BCUT2D eigenvalue weighted by Gasteiger charge is 2.17. The molecule has 0 saturated carbocycles. The van der Waals surface area contributed by atoms with E-state index in [2.05, 4.69) is 55.9 Å². The maximum Gasteiger partial charge on any atom is 0.0723 e. The lowest BCUT2D eigenvalue weighted by Gasteiger charge is -2.31. The second-order valence-corrected chi connectivity index (χ2v) is 5.94. The number of nitrogens with two attached hydrogens (primary N) is 1. The fourth-order valence-electron chi connectivity index (χ4n) is 2.79. The van der Waals surface area contributed by atoms with Crippen LogP contribution in [0.3, 0.4) is 0 Å². The third-order valence-corrected chi connectivity index (χ3v) is 3.87. The molecular formula is C17H25N3. The lowest BCUT2D eigenvalue weighted by molar-refractivity contribution is 0.504. The fourth-order valence-corrected chi connectivity index (χ4v) is 2.79. The molecule has 2 N–H and O–H groups in total. The summed E-state index contributed by atoms with van der Waals surface area (Å²) >= 11 is 0. The van der Waals surface area contributed by atoms with Crippen LogP contribution in [0.1, 0.15) is 32.8 Å². The number of rotatable bonds is 5. The molecule has 20 heavy (non-hydrogen) atoms. The van der Waals surface area contributed by atoms with Crippen LogP contribution in [0.4, 0.5) is 5.69 Å². The van der Waals surface area contributed by atoms with Gasteiger partial charge in [-0.15, -0.1) is 0 Å². The monoisotopic (exact) mass is 271 g/mol. The second kappa shape index (κ2) is 6.23. The van der Waals surface area contributed by atoms with Crippen molar-refractivity contribution in [3.8, 4) is 0 Å². The highest BCUT2D eigenvalue weighted by Crippen LogP contribution is 2.30. The molecule has 3 nitrogen and oxygen atoms in total. The first kappa shape index (κ1) is 14.8. The number of aromatic nitrogens is 1. The predicted octanol–water partition coefficient (Wildman–Crippen LogP) is 3.56. The molecular weight excluding hydrogens is 246 g/mol. The summed E-state index contributed by atoms with van der Waals surface area (Å²) in [6, 6.07) is 8.76. The van der Waals surface area contributed by atoms with Crippen LogP contribution in [0.25, 0.3) is 10.9 Å². The summed E-state index contributed by atoms with van der Waals surface area (Å²) in [5.41, 5.74) is 9.29. The molecule has 0 fully saturated rings. The molecule has 1 unspecified atom stereocenters. The first-order valence-corrected chi connectivity index (χ1v) is 7.34. The van der Waals surface area contributed by atoms with E-state index < -0.39 is 0 Å². The minimum Gasteiger partial charge on any atom is -0.371 e. The summed E-state index contributed by atoms with van der Waals surface area (Å²) in [6.07, 6.45) is 3.08. The van der Waals surface area contributed by atoms with Gasteiger partial charge < -0.3 is 10.6 Å². The zero-order valence-corrected chi connectivity index (χ0v) is 12.9. The third-order valence-electron chi connectivity index (χ3n) is 3.87. The highest BCUT2D eigenvalue weighted by atomic mass is 15.1. The Morgan fingerprint density at radius 1 is 1.20 bits per heavy atom. The SMILES string of the molecule is CC(C)CC(C)N(C)c1c(CN)cnc2ccccc12. The summed E-state index contributed by atoms with van der Waals surface area (Å²) in [7, 11) is 2.16. The maximum absolute atomic E-state index is 5.91. The lowest BCUT2D eigenvalue weighted by Crippen LogP contribution is -2.31. The van der Waals surface area contributed by atoms with E-state index in [0.717, 1.165) is 17.5 Å². The Morgan fingerprint density at radius 2 is 1.90 bits per heavy atom. The molecule has 2 aromatic rings. The smallest absolute Gasteiger partial charge is 0.0723 e. The van der Waals surface area contributed by atoms with E-state index in [1.54, 1.807) is 0 Å². The number of anilines is 1. The van der Waals surface area contributed by atoms with Crippen LogP contribution in [0.2, 0.25) is 0 Å². The van der Waals surface area contributed by atoms with Gasteiger partial charge in [-0.25, -0.2) is 0 Å². The molecule has 0 radical (unpaired) electrons. The Morgan fingerprint density at radius 3 is 2.55 bits per heavy atom. The summed E-state index contributed by atoms with van der Waals surface area (Å²) in [4.78, 5) is 6.86. The van der Waals surface area contributed by atoms with Crippen LogP contribution in [0, 0.1) is 5.92 Å². The van der Waals surface area contributed by atoms with Crippen LogP contribution < -0.4 is 10.6 Å². The summed E-state index contributed by atoms with van der Waals surface area (Å²) in [6.45, 7) is 7.32. The summed E-state index contributed by atoms with van der Waals surface area (Å²) < 4.78 is 0. The molecule has 3 heteroatoms. The Balaban J connectivity index is 2.50. The number of hydrogen-bond acceptors (Lipinski definition) is 3. The van der Waals surface area contributed by atoms with E-state index in [4.69, 9.17) is 5.73 Å². The van der Waals surface area contributed by atoms with Crippen molar-refractivity contribution in [2.45, 2.75) is 39.8 Å². The summed E-state index contributed by atoms with van der Waals surface area (Å²) in [5.74, 6) is 0.682. The predicted molar refractivity (Wildman–Crippen MR) is 87.0 cm³/mol. The van der Waals surface area contributed by atoms with Crippen LogP contribution in [-0.4, -0.2) is 18.1 Å². The standard InChI is InChI=1S/C17H25N3/c1-12(2)9-13(3)20(4)17-14(10-18)11-19-16-8-6-5-7-15(16)17/h5-8,11-13H,9-10,18H2,1-4H3. The maximum atomic E-state index is 5.91. The Kier molecular flexibility index (Phi) is 4.61. The van der Waals surface area contributed by atoms with Crippen molar-refractivity contribution in [2.75, 3.05) is 11.9 Å². The number of para-hydroxylation sites is 1. The topological polar surface area (TPSA) is 42.1 Å². The van der Waals surface area contributed by atoms with Gasteiger partial charge in [0.1, 0.15) is 0 Å². The van der Waals surface area contributed by atoms with Crippen LogP contribution in [-0.2, 0) is 6.54 Å². The number of hydrogen-bond donors (Lipinski definition) is 1. The van der Waals surface area contributed by atoms with Crippen molar-refractivity contribution < 1.29 is 0 Å². The molecule has 0 spiro atoms. The van der Waals surface area contributed by atoms with Gasteiger partial charge in [0.2, 0.25) is 0 Å². The molecule has 1 aromatic heterocycles. The molecule has 1 aromatic carbocycles. The molecule has 0 aliphatic carbocycles. The van der Waals surface area contributed by atoms with Crippen LogP contribution >= 0.6 is 0 Å². The van der Waals surface area contributed by atoms with E-state index >= 15 is 0 Å². The molecule has 108 valence electrons. The van der Waals surface area contributed by atoms with Crippen LogP contribution in [0.15, 0.2) is 30.5 Å². The van der Waals surface area contributed by atoms with Gasteiger partial charge in [-0.05, 0) is 25.3 Å². The number of fused-ring (bicyclic) bond motifs is 1. The zero-order valence-electron chi connectivity index (χ0n) is 12.9. The molecule has 0 aliphatic heterocycles. The van der Waals surface area contributed by atoms with Crippen molar-refractivity contribution in [3.63, 3.8) is 0 Å². The van der Waals surface area contributed by atoms with E-state index in [1.807, 2.05) is 12.3 Å². The van der Waals surface area contributed by atoms with Gasteiger partial charge in [0.05, 0.1) is 11.2 Å². The molecule has 0 bridgehead atoms. The average molecular weight is 271 g/mol. The fraction of sp³-hybridized carbons (Fsp3) is 0.471. The van der Waals surface area contributed by atoms with Gasteiger partial charge in [0.25, 0.3) is 0 Å². The highest BCUT2D eigenvalue weighted by molar-refractivity contribution is 5.93. The average Bonchev–Trinajstić information content (AvgIpc) is 2.44. The van der Waals surface area contributed by atoms with E-state index in [1.165, 1.54) is 11.1 Å². The largest absolute Gasteiger partial charge is 0.371 e. The van der Waals surface area contributed by atoms with Gasteiger partial charge in [-0.3, -0.25) is 4.98 Å². The van der Waals surface area contributed by atoms with E-state index in [9.17, 15) is 0 Å². The van der Waals surface area contributed by atoms with Gasteiger partial charge in [-0.1, -0.05) is 32.0 Å². The molecule has 0 amide bonds. The normalized spacial score (nSPS) is 12.9. The van der Waals surface area contributed by atoms with Crippen molar-refractivity contribution in [3.05, 3.63) is 36.0 Å². The molecule has 0 aliphatic rings. The first-order chi connectivity index (χ1) is 9.54. The first-order valence-electron chi connectivity index (χ1n) is 7.34.